The minimum absolute atomic E-state index is 0.0533. The molecule has 0 amide bonds. The largest absolute Gasteiger partial charge is 0.361 e. The van der Waals surface area contributed by atoms with E-state index in [9.17, 15) is 10.1 Å². The first-order chi connectivity index (χ1) is 12.7. The van der Waals surface area contributed by atoms with Gasteiger partial charge < -0.3 is 10.2 Å². The number of nitrogens with zero attached hydrogens (tertiary/aromatic N) is 4. The number of rotatable bonds is 6. The molecule has 2 aromatic rings. The normalized spacial score (nSPS) is 15.3. The van der Waals surface area contributed by atoms with Crippen LogP contribution in [0, 0.1) is 10.1 Å². The Balaban J connectivity index is 1.96. The third-order valence-electron chi connectivity index (χ3n) is 4.82. The van der Waals surface area contributed by atoms with Crippen LogP contribution < -0.4 is 10.2 Å². The number of anilines is 3. The van der Waals surface area contributed by atoms with Gasteiger partial charge in [-0.3, -0.25) is 10.1 Å². The fraction of sp³-hybridized carbons (Fsp3) is 0.474. The molecule has 1 fully saturated rings. The number of nitrogens with one attached hydrogen (secondary N) is 1. The van der Waals surface area contributed by atoms with Gasteiger partial charge in [0.25, 0.3) is 0 Å². The predicted molar refractivity (Wildman–Crippen MR) is 103 cm³/mol. The van der Waals surface area contributed by atoms with Gasteiger partial charge in [0.1, 0.15) is 6.33 Å². The molecule has 1 aromatic carbocycles. The summed E-state index contributed by atoms with van der Waals surface area (Å²) in [4.78, 5) is 21.8. The molecular weight excluding hydrogens is 330 g/mol. The van der Waals surface area contributed by atoms with Crippen LogP contribution in [-0.4, -0.2) is 27.5 Å². The maximum atomic E-state index is 11.9. The number of aromatic nitrogens is 2. The molecule has 138 valence electrons. The van der Waals surface area contributed by atoms with Crippen LogP contribution in [0.1, 0.15) is 45.4 Å². The van der Waals surface area contributed by atoms with E-state index in [1.165, 1.54) is 19.2 Å². The second kappa shape index (κ2) is 8.60. The van der Waals surface area contributed by atoms with E-state index in [0.717, 1.165) is 31.4 Å². The van der Waals surface area contributed by atoms with E-state index in [4.69, 9.17) is 0 Å². The Morgan fingerprint density at radius 2 is 1.85 bits per heavy atom. The number of hydrogen-bond donors (Lipinski definition) is 1. The third-order valence-corrected chi connectivity index (χ3v) is 4.82. The Morgan fingerprint density at radius 3 is 2.46 bits per heavy atom. The van der Waals surface area contributed by atoms with E-state index in [1.54, 1.807) is 0 Å². The fourth-order valence-corrected chi connectivity index (χ4v) is 3.52. The topological polar surface area (TPSA) is 84.2 Å². The first kappa shape index (κ1) is 18.1. The summed E-state index contributed by atoms with van der Waals surface area (Å²) in [5, 5.41) is 15.2. The van der Waals surface area contributed by atoms with Crippen LogP contribution in [-0.2, 0) is 0 Å². The Morgan fingerprint density at radius 1 is 1.15 bits per heavy atom. The lowest BCUT2D eigenvalue weighted by atomic mass is 10.1. The third kappa shape index (κ3) is 4.09. The lowest BCUT2D eigenvalue weighted by molar-refractivity contribution is -0.383. The molecular formula is C19H25N5O2. The Labute approximate surface area is 153 Å². The van der Waals surface area contributed by atoms with Gasteiger partial charge in [-0.25, -0.2) is 9.97 Å². The highest BCUT2D eigenvalue weighted by molar-refractivity contribution is 5.75. The minimum atomic E-state index is -0.375. The molecule has 1 heterocycles. The lowest BCUT2D eigenvalue weighted by Gasteiger charge is -2.23. The number of para-hydroxylation sites is 1. The summed E-state index contributed by atoms with van der Waals surface area (Å²) in [6, 6.07) is 9.82. The molecule has 0 radical (unpaired) electrons. The monoisotopic (exact) mass is 355 g/mol. The highest BCUT2D eigenvalue weighted by Crippen LogP contribution is 2.36. The standard InChI is InChI=1S/C19H25N5O2/c1-2-23(16-12-8-5-9-13-16)19-17(24(25)26)18(20-14-21-19)22-15-10-6-3-4-7-11-15/h5,8-9,12-15H,2-4,6-7,10-11H2,1H3,(H,20,21,22). The highest BCUT2D eigenvalue weighted by atomic mass is 16.6. The van der Waals surface area contributed by atoms with E-state index in [0.29, 0.717) is 18.2 Å². The van der Waals surface area contributed by atoms with Crippen molar-refractivity contribution < 1.29 is 4.92 Å². The van der Waals surface area contributed by atoms with Gasteiger partial charge in [0.05, 0.1) is 4.92 Å². The molecule has 7 nitrogen and oxygen atoms in total. The van der Waals surface area contributed by atoms with Crippen LogP contribution in [0.25, 0.3) is 0 Å². The number of hydrogen-bond acceptors (Lipinski definition) is 6. The molecule has 1 aromatic heterocycles. The maximum Gasteiger partial charge on any atom is 0.353 e. The van der Waals surface area contributed by atoms with Gasteiger partial charge in [-0.2, -0.15) is 0 Å². The molecule has 0 atom stereocenters. The summed E-state index contributed by atoms with van der Waals surface area (Å²) in [5.74, 6) is 0.649. The molecule has 1 saturated carbocycles. The van der Waals surface area contributed by atoms with Crippen LogP contribution in [0.5, 0.6) is 0 Å². The number of benzene rings is 1. The molecule has 0 spiro atoms. The van der Waals surface area contributed by atoms with Gasteiger partial charge in [-0.1, -0.05) is 43.9 Å². The fourth-order valence-electron chi connectivity index (χ4n) is 3.52. The zero-order valence-corrected chi connectivity index (χ0v) is 15.1. The second-order valence-corrected chi connectivity index (χ2v) is 6.56. The van der Waals surface area contributed by atoms with Gasteiger partial charge in [0.15, 0.2) is 0 Å². The summed E-state index contributed by atoms with van der Waals surface area (Å²) in [5.41, 5.74) is 0.819. The molecule has 7 heteroatoms. The molecule has 26 heavy (non-hydrogen) atoms. The molecule has 0 bridgehead atoms. The van der Waals surface area contributed by atoms with Crippen molar-refractivity contribution in [1.82, 2.24) is 9.97 Å². The summed E-state index contributed by atoms with van der Waals surface area (Å²) in [7, 11) is 0. The highest BCUT2D eigenvalue weighted by Gasteiger charge is 2.28. The zero-order valence-electron chi connectivity index (χ0n) is 15.1. The van der Waals surface area contributed by atoms with Crippen molar-refractivity contribution in [2.24, 2.45) is 0 Å². The molecule has 1 N–H and O–H groups in total. The van der Waals surface area contributed by atoms with Gasteiger partial charge in [-0.15, -0.1) is 0 Å². The van der Waals surface area contributed by atoms with Gasteiger partial charge >= 0.3 is 5.69 Å². The summed E-state index contributed by atoms with van der Waals surface area (Å²) >= 11 is 0. The zero-order chi connectivity index (χ0) is 18.4. The van der Waals surface area contributed by atoms with Crippen molar-refractivity contribution in [2.45, 2.75) is 51.5 Å². The van der Waals surface area contributed by atoms with Gasteiger partial charge in [0, 0.05) is 18.3 Å². The molecule has 0 unspecified atom stereocenters. The number of nitro groups is 1. The van der Waals surface area contributed by atoms with E-state index < -0.39 is 0 Å². The van der Waals surface area contributed by atoms with Crippen LogP contribution in [0.3, 0.4) is 0 Å². The molecule has 0 saturated heterocycles. The van der Waals surface area contributed by atoms with Crippen LogP contribution in [0.15, 0.2) is 36.7 Å². The second-order valence-electron chi connectivity index (χ2n) is 6.56. The van der Waals surface area contributed by atoms with Crippen molar-refractivity contribution in [3.8, 4) is 0 Å². The van der Waals surface area contributed by atoms with Crippen molar-refractivity contribution >= 4 is 23.0 Å². The van der Waals surface area contributed by atoms with Crippen LogP contribution in [0.2, 0.25) is 0 Å². The van der Waals surface area contributed by atoms with Crippen molar-refractivity contribution in [3.63, 3.8) is 0 Å². The summed E-state index contributed by atoms with van der Waals surface area (Å²) in [6.07, 6.45) is 8.20. The molecule has 1 aliphatic carbocycles. The van der Waals surface area contributed by atoms with Crippen LogP contribution in [0.4, 0.5) is 23.0 Å². The Kier molecular flexibility index (Phi) is 5.99. The van der Waals surface area contributed by atoms with E-state index in [2.05, 4.69) is 15.3 Å². The van der Waals surface area contributed by atoms with Crippen molar-refractivity contribution in [1.29, 1.82) is 0 Å². The average molecular weight is 355 g/mol. The predicted octanol–water partition coefficient (Wildman–Crippen LogP) is 4.68. The summed E-state index contributed by atoms with van der Waals surface area (Å²) in [6.45, 7) is 2.53. The minimum Gasteiger partial charge on any atom is -0.361 e. The molecule has 1 aliphatic rings. The molecule has 3 rings (SSSR count). The van der Waals surface area contributed by atoms with Crippen molar-refractivity contribution in [3.05, 3.63) is 46.8 Å². The van der Waals surface area contributed by atoms with Gasteiger partial charge in [-0.05, 0) is 31.9 Å². The van der Waals surface area contributed by atoms with E-state index in [1.807, 2.05) is 42.2 Å². The Hall–Kier alpha value is -2.70. The van der Waals surface area contributed by atoms with Crippen LogP contribution >= 0.6 is 0 Å². The van der Waals surface area contributed by atoms with Gasteiger partial charge in [0.2, 0.25) is 11.6 Å². The maximum absolute atomic E-state index is 11.9. The average Bonchev–Trinajstić information content (AvgIpc) is 2.92. The first-order valence-electron chi connectivity index (χ1n) is 9.29. The van der Waals surface area contributed by atoms with Crippen molar-refractivity contribution in [2.75, 3.05) is 16.8 Å². The molecule has 0 aliphatic heterocycles. The summed E-state index contributed by atoms with van der Waals surface area (Å²) < 4.78 is 0. The first-order valence-corrected chi connectivity index (χ1v) is 9.29. The SMILES string of the molecule is CCN(c1ccccc1)c1ncnc(NC2CCCCCC2)c1[N+](=O)[O-]. The smallest absolute Gasteiger partial charge is 0.353 e. The Bertz CT molecular complexity index is 730. The lowest BCUT2D eigenvalue weighted by Crippen LogP contribution is -2.23. The van der Waals surface area contributed by atoms with E-state index in [-0.39, 0.29) is 16.7 Å². The van der Waals surface area contributed by atoms with E-state index >= 15 is 0 Å². The quantitative estimate of drug-likeness (QED) is 0.460.